The summed E-state index contributed by atoms with van der Waals surface area (Å²) in [5.74, 6) is 0.857. The van der Waals surface area contributed by atoms with Crippen LogP contribution in [0, 0.1) is 11.8 Å². The molecule has 1 aromatic heterocycles. The van der Waals surface area contributed by atoms with Crippen LogP contribution < -0.4 is 5.32 Å². The molecule has 1 rings (SSSR count). The zero-order chi connectivity index (χ0) is 13.8. The molecule has 1 heterocycles. The van der Waals surface area contributed by atoms with E-state index in [0.29, 0.717) is 18.3 Å². The molecule has 2 unspecified atom stereocenters. The molecule has 1 aromatic rings. The van der Waals surface area contributed by atoms with E-state index in [2.05, 4.69) is 26.1 Å². The highest BCUT2D eigenvalue weighted by Gasteiger charge is 2.24. The first-order valence-electron chi connectivity index (χ1n) is 6.34. The van der Waals surface area contributed by atoms with Crippen molar-refractivity contribution in [3.05, 3.63) is 22.4 Å². The lowest BCUT2D eigenvalue weighted by atomic mass is 9.94. The van der Waals surface area contributed by atoms with Crippen LogP contribution in [0.4, 0.5) is 0 Å². The molecule has 4 heteroatoms. The molecule has 2 atom stereocenters. The summed E-state index contributed by atoms with van der Waals surface area (Å²) in [5.41, 5.74) is -0.138. The molecule has 0 aliphatic heterocycles. The SMILES string of the molecule is CC(C)C(C)CC(=O)NCC(C)(O)c1ccsc1. The number of nitrogens with one attached hydrogen (secondary N) is 1. The molecule has 0 saturated heterocycles. The van der Waals surface area contributed by atoms with Gasteiger partial charge in [-0.25, -0.2) is 0 Å². The van der Waals surface area contributed by atoms with Crippen LogP contribution in [0.15, 0.2) is 16.8 Å². The van der Waals surface area contributed by atoms with Crippen molar-refractivity contribution in [2.45, 2.75) is 39.7 Å². The van der Waals surface area contributed by atoms with E-state index in [0.717, 1.165) is 5.56 Å². The average molecular weight is 269 g/mol. The number of amides is 1. The van der Waals surface area contributed by atoms with Gasteiger partial charge in [-0.1, -0.05) is 20.8 Å². The van der Waals surface area contributed by atoms with Gasteiger partial charge in [0.25, 0.3) is 0 Å². The first kappa shape index (κ1) is 15.2. The number of rotatable bonds is 6. The Balaban J connectivity index is 2.43. The van der Waals surface area contributed by atoms with Gasteiger partial charge in [-0.3, -0.25) is 4.79 Å². The molecule has 2 N–H and O–H groups in total. The van der Waals surface area contributed by atoms with Crippen molar-refractivity contribution < 1.29 is 9.90 Å². The molecular formula is C14H23NO2S. The largest absolute Gasteiger partial charge is 0.384 e. The van der Waals surface area contributed by atoms with Crippen molar-refractivity contribution in [1.82, 2.24) is 5.32 Å². The molecule has 0 radical (unpaired) electrons. The van der Waals surface area contributed by atoms with Gasteiger partial charge in [0.1, 0.15) is 5.60 Å². The Bertz CT molecular complexity index is 371. The summed E-state index contributed by atoms with van der Waals surface area (Å²) in [5, 5.41) is 16.9. The van der Waals surface area contributed by atoms with Crippen LogP contribution in [0.5, 0.6) is 0 Å². The van der Waals surface area contributed by atoms with Crippen LogP contribution in [0.25, 0.3) is 0 Å². The van der Waals surface area contributed by atoms with Crippen molar-refractivity contribution in [1.29, 1.82) is 0 Å². The third-order valence-electron chi connectivity index (χ3n) is 3.42. The first-order chi connectivity index (χ1) is 8.33. The predicted octanol–water partition coefficient (Wildman–Crippen LogP) is 2.75. The van der Waals surface area contributed by atoms with Gasteiger partial charge in [-0.2, -0.15) is 11.3 Å². The summed E-state index contributed by atoms with van der Waals surface area (Å²) in [4.78, 5) is 11.8. The van der Waals surface area contributed by atoms with Crippen molar-refractivity contribution >= 4 is 17.2 Å². The topological polar surface area (TPSA) is 49.3 Å². The molecule has 0 fully saturated rings. The van der Waals surface area contributed by atoms with Gasteiger partial charge in [0.05, 0.1) is 6.54 Å². The van der Waals surface area contributed by atoms with Crippen molar-refractivity contribution in [3.8, 4) is 0 Å². The van der Waals surface area contributed by atoms with Crippen LogP contribution in [0.3, 0.4) is 0 Å². The molecule has 0 bridgehead atoms. The fraction of sp³-hybridized carbons (Fsp3) is 0.643. The average Bonchev–Trinajstić information content (AvgIpc) is 2.80. The molecule has 0 saturated carbocycles. The van der Waals surface area contributed by atoms with Crippen LogP contribution in [-0.4, -0.2) is 17.6 Å². The predicted molar refractivity (Wildman–Crippen MR) is 75.5 cm³/mol. The Kier molecular flexibility index (Phi) is 5.35. The van der Waals surface area contributed by atoms with Crippen molar-refractivity contribution in [2.75, 3.05) is 6.54 Å². The van der Waals surface area contributed by atoms with Gasteiger partial charge in [0, 0.05) is 6.42 Å². The van der Waals surface area contributed by atoms with Gasteiger partial charge in [0.2, 0.25) is 5.91 Å². The van der Waals surface area contributed by atoms with E-state index < -0.39 is 5.60 Å². The van der Waals surface area contributed by atoms with Crippen molar-refractivity contribution in [3.63, 3.8) is 0 Å². The second-order valence-electron chi connectivity index (χ2n) is 5.49. The van der Waals surface area contributed by atoms with Crippen LogP contribution in [-0.2, 0) is 10.4 Å². The molecule has 0 aliphatic carbocycles. The van der Waals surface area contributed by atoms with Gasteiger partial charge < -0.3 is 10.4 Å². The lowest BCUT2D eigenvalue weighted by Gasteiger charge is -2.23. The van der Waals surface area contributed by atoms with Crippen LogP contribution in [0.2, 0.25) is 0 Å². The molecule has 0 spiro atoms. The van der Waals surface area contributed by atoms with Gasteiger partial charge in [0.15, 0.2) is 0 Å². The van der Waals surface area contributed by atoms with Gasteiger partial charge in [-0.05, 0) is 41.1 Å². The lowest BCUT2D eigenvalue weighted by molar-refractivity contribution is -0.123. The van der Waals surface area contributed by atoms with Gasteiger partial charge >= 0.3 is 0 Å². The number of hydrogen-bond donors (Lipinski definition) is 2. The minimum Gasteiger partial charge on any atom is -0.384 e. The number of carbonyl (C=O) groups excluding carboxylic acids is 1. The number of aliphatic hydroxyl groups is 1. The Hall–Kier alpha value is -0.870. The monoisotopic (exact) mass is 269 g/mol. The summed E-state index contributed by atoms with van der Waals surface area (Å²) in [6.45, 7) is 8.27. The maximum atomic E-state index is 11.8. The summed E-state index contributed by atoms with van der Waals surface area (Å²) in [6.07, 6.45) is 0.511. The first-order valence-corrected chi connectivity index (χ1v) is 7.29. The second-order valence-corrected chi connectivity index (χ2v) is 6.27. The fourth-order valence-corrected chi connectivity index (χ4v) is 2.33. The van der Waals surface area contributed by atoms with E-state index in [1.807, 2.05) is 16.8 Å². The van der Waals surface area contributed by atoms with E-state index >= 15 is 0 Å². The summed E-state index contributed by atoms with van der Waals surface area (Å²) in [6, 6.07) is 1.88. The zero-order valence-corrected chi connectivity index (χ0v) is 12.4. The Labute approximate surface area is 113 Å². The smallest absolute Gasteiger partial charge is 0.220 e. The minimum absolute atomic E-state index is 0.00621. The van der Waals surface area contributed by atoms with Crippen LogP contribution in [0.1, 0.15) is 39.7 Å². The quantitative estimate of drug-likeness (QED) is 0.834. The zero-order valence-electron chi connectivity index (χ0n) is 11.6. The molecular weight excluding hydrogens is 246 g/mol. The number of carbonyl (C=O) groups is 1. The molecule has 102 valence electrons. The molecule has 1 amide bonds. The minimum atomic E-state index is -0.989. The van der Waals surface area contributed by atoms with Crippen molar-refractivity contribution in [2.24, 2.45) is 11.8 Å². The fourth-order valence-electron chi connectivity index (χ4n) is 1.54. The Morgan fingerprint density at radius 3 is 2.67 bits per heavy atom. The van der Waals surface area contributed by atoms with Gasteiger partial charge in [-0.15, -0.1) is 0 Å². The highest BCUT2D eigenvalue weighted by atomic mass is 32.1. The third-order valence-corrected chi connectivity index (χ3v) is 4.10. The molecule has 3 nitrogen and oxygen atoms in total. The molecule has 0 aromatic carbocycles. The summed E-state index contributed by atoms with van der Waals surface area (Å²) >= 11 is 1.54. The molecule has 0 aliphatic rings. The van der Waals surface area contributed by atoms with E-state index in [4.69, 9.17) is 0 Å². The highest BCUT2D eigenvalue weighted by Crippen LogP contribution is 2.22. The number of thiophene rings is 1. The summed E-state index contributed by atoms with van der Waals surface area (Å²) < 4.78 is 0. The maximum absolute atomic E-state index is 11.8. The maximum Gasteiger partial charge on any atom is 0.220 e. The van der Waals surface area contributed by atoms with E-state index in [-0.39, 0.29) is 12.5 Å². The lowest BCUT2D eigenvalue weighted by Crippen LogP contribution is -2.39. The Morgan fingerprint density at radius 2 is 2.17 bits per heavy atom. The highest BCUT2D eigenvalue weighted by molar-refractivity contribution is 7.08. The van der Waals surface area contributed by atoms with E-state index in [1.54, 1.807) is 18.3 Å². The second kappa shape index (κ2) is 6.34. The normalized spacial score (nSPS) is 16.3. The van der Waals surface area contributed by atoms with E-state index in [1.165, 1.54) is 0 Å². The van der Waals surface area contributed by atoms with E-state index in [9.17, 15) is 9.90 Å². The molecule has 18 heavy (non-hydrogen) atoms. The third kappa shape index (κ3) is 4.42. The van der Waals surface area contributed by atoms with Crippen LogP contribution >= 0.6 is 11.3 Å². The number of hydrogen-bond acceptors (Lipinski definition) is 3. The standard InChI is InChI=1S/C14H23NO2S/c1-10(2)11(3)7-13(16)15-9-14(4,17)12-5-6-18-8-12/h5-6,8,10-11,17H,7,9H2,1-4H3,(H,15,16). The summed E-state index contributed by atoms with van der Waals surface area (Å²) in [7, 11) is 0. The Morgan fingerprint density at radius 1 is 1.50 bits per heavy atom.